The molecule has 0 radical (unpaired) electrons. The summed E-state index contributed by atoms with van der Waals surface area (Å²) >= 11 is 0. The number of nitrogens with one attached hydrogen (secondary N) is 1. The third-order valence-electron chi connectivity index (χ3n) is 4.69. The fourth-order valence-corrected chi connectivity index (χ4v) is 3.52. The van der Waals surface area contributed by atoms with Gasteiger partial charge in [-0.05, 0) is 59.7 Å². The second-order valence-corrected chi connectivity index (χ2v) is 6.53. The molecule has 2 heteroatoms. The number of likely N-dealkylation sites (N-methyl/N-ethyl adjacent to an activating group) is 1. The van der Waals surface area contributed by atoms with E-state index in [9.17, 15) is 0 Å². The van der Waals surface area contributed by atoms with Crippen molar-refractivity contribution in [3.05, 3.63) is 35.4 Å². The van der Waals surface area contributed by atoms with Crippen LogP contribution in [0.15, 0.2) is 24.3 Å². The zero-order valence-corrected chi connectivity index (χ0v) is 13.0. The van der Waals surface area contributed by atoms with E-state index in [1.807, 2.05) is 0 Å². The molecule has 106 valence electrons. The number of hydrogen-bond acceptors (Lipinski definition) is 2. The van der Waals surface area contributed by atoms with E-state index in [-0.39, 0.29) is 0 Å². The van der Waals surface area contributed by atoms with Crippen LogP contribution < -0.4 is 5.32 Å². The lowest BCUT2D eigenvalue weighted by atomic mass is 9.94. The molecule has 0 bridgehead atoms. The molecule has 2 unspecified atom stereocenters. The summed E-state index contributed by atoms with van der Waals surface area (Å²) in [6, 6.07) is 9.86. The third-order valence-corrected chi connectivity index (χ3v) is 4.69. The molecule has 1 fully saturated rings. The van der Waals surface area contributed by atoms with Crippen LogP contribution >= 0.6 is 0 Å². The Hall–Kier alpha value is -0.860. The first-order valence-corrected chi connectivity index (χ1v) is 7.46. The topological polar surface area (TPSA) is 15.3 Å². The predicted octanol–water partition coefficient (Wildman–Crippen LogP) is 3.52. The highest BCUT2D eigenvalue weighted by Gasteiger charge is 2.37. The Morgan fingerprint density at radius 2 is 1.84 bits per heavy atom. The zero-order valence-electron chi connectivity index (χ0n) is 13.0. The van der Waals surface area contributed by atoms with Gasteiger partial charge in [0, 0.05) is 17.6 Å². The van der Waals surface area contributed by atoms with Gasteiger partial charge in [-0.1, -0.05) is 29.8 Å². The molecule has 0 spiro atoms. The Labute approximate surface area is 118 Å². The molecule has 0 aliphatic carbocycles. The van der Waals surface area contributed by atoms with Crippen LogP contribution in [0.3, 0.4) is 0 Å². The van der Waals surface area contributed by atoms with E-state index in [0.717, 1.165) is 0 Å². The van der Waals surface area contributed by atoms with Gasteiger partial charge in [0.1, 0.15) is 0 Å². The molecular weight excluding hydrogens is 232 g/mol. The number of likely N-dealkylation sites (tertiary alicyclic amines) is 1. The fourth-order valence-electron chi connectivity index (χ4n) is 3.52. The second-order valence-electron chi connectivity index (χ2n) is 6.53. The Kier molecular flexibility index (Phi) is 4.32. The number of rotatable bonds is 4. The molecule has 1 aliphatic rings. The highest BCUT2D eigenvalue weighted by molar-refractivity contribution is 5.25. The summed E-state index contributed by atoms with van der Waals surface area (Å²) < 4.78 is 0. The number of hydrogen-bond donors (Lipinski definition) is 1. The maximum absolute atomic E-state index is 3.51. The van der Waals surface area contributed by atoms with Crippen LogP contribution in [-0.4, -0.2) is 30.1 Å². The van der Waals surface area contributed by atoms with Gasteiger partial charge in [-0.3, -0.25) is 4.90 Å². The Morgan fingerprint density at radius 3 is 2.32 bits per heavy atom. The minimum atomic E-state index is 0.333. The third kappa shape index (κ3) is 3.01. The first-order valence-electron chi connectivity index (χ1n) is 7.46. The summed E-state index contributed by atoms with van der Waals surface area (Å²) in [6.07, 6.45) is 2.63. The molecule has 19 heavy (non-hydrogen) atoms. The molecule has 2 atom stereocenters. The summed E-state index contributed by atoms with van der Waals surface area (Å²) in [5.41, 5.74) is 3.05. The van der Waals surface area contributed by atoms with Crippen molar-refractivity contribution in [2.75, 3.05) is 13.6 Å². The van der Waals surface area contributed by atoms with E-state index in [0.29, 0.717) is 17.6 Å². The van der Waals surface area contributed by atoms with Crippen molar-refractivity contribution in [3.63, 3.8) is 0 Å². The van der Waals surface area contributed by atoms with E-state index in [4.69, 9.17) is 0 Å². The van der Waals surface area contributed by atoms with Crippen LogP contribution in [0.25, 0.3) is 0 Å². The van der Waals surface area contributed by atoms with Crippen molar-refractivity contribution in [3.8, 4) is 0 Å². The van der Waals surface area contributed by atoms with Gasteiger partial charge in [0.2, 0.25) is 0 Å². The number of benzene rings is 1. The lowest BCUT2D eigenvalue weighted by Gasteiger charge is -2.40. The monoisotopic (exact) mass is 260 g/mol. The van der Waals surface area contributed by atoms with Crippen LogP contribution in [0.5, 0.6) is 0 Å². The van der Waals surface area contributed by atoms with Crippen molar-refractivity contribution in [1.82, 2.24) is 10.2 Å². The maximum atomic E-state index is 3.51. The molecule has 1 aromatic carbocycles. The second kappa shape index (κ2) is 5.64. The number of nitrogens with zero attached hydrogens (tertiary/aromatic N) is 1. The zero-order chi connectivity index (χ0) is 14.0. The molecule has 1 heterocycles. The summed E-state index contributed by atoms with van der Waals surface area (Å²) in [5, 5.41) is 3.51. The lowest BCUT2D eigenvalue weighted by molar-refractivity contribution is 0.101. The molecule has 0 amide bonds. The van der Waals surface area contributed by atoms with E-state index in [1.165, 1.54) is 30.5 Å². The number of aryl methyl sites for hydroxylation is 1. The van der Waals surface area contributed by atoms with Crippen LogP contribution in [0.1, 0.15) is 50.8 Å². The SMILES string of the molecule is CNC(c1ccc(C)cc1)C(C)N1CCCC1(C)C. The fraction of sp³-hybridized carbons (Fsp3) is 0.647. The minimum absolute atomic E-state index is 0.333. The van der Waals surface area contributed by atoms with Gasteiger partial charge in [-0.2, -0.15) is 0 Å². The first-order chi connectivity index (χ1) is 8.95. The van der Waals surface area contributed by atoms with Crippen molar-refractivity contribution in [1.29, 1.82) is 0 Å². The molecule has 1 saturated heterocycles. The van der Waals surface area contributed by atoms with Crippen LogP contribution in [0.4, 0.5) is 0 Å². The largest absolute Gasteiger partial charge is 0.312 e. The summed E-state index contributed by atoms with van der Waals surface area (Å²) in [6.45, 7) is 10.5. The Balaban J connectivity index is 2.19. The van der Waals surface area contributed by atoms with Gasteiger partial charge in [0.15, 0.2) is 0 Å². The van der Waals surface area contributed by atoms with Crippen molar-refractivity contribution < 1.29 is 0 Å². The first kappa shape index (κ1) is 14.5. The van der Waals surface area contributed by atoms with E-state index >= 15 is 0 Å². The highest BCUT2D eigenvalue weighted by Crippen LogP contribution is 2.34. The smallest absolute Gasteiger partial charge is 0.0473 e. The van der Waals surface area contributed by atoms with Crippen molar-refractivity contribution in [2.45, 2.75) is 58.2 Å². The van der Waals surface area contributed by atoms with Crippen LogP contribution in [0.2, 0.25) is 0 Å². The average molecular weight is 260 g/mol. The standard InChI is InChI=1S/C17H28N2/c1-13-7-9-15(10-8-13)16(18-5)14(2)19-12-6-11-17(19,3)4/h7-10,14,16,18H,6,11-12H2,1-5H3. The summed E-state index contributed by atoms with van der Waals surface area (Å²) in [4.78, 5) is 2.66. The molecule has 2 rings (SSSR count). The van der Waals surface area contributed by atoms with E-state index in [2.05, 4.69) is 69.2 Å². The molecule has 1 aliphatic heterocycles. The lowest BCUT2D eigenvalue weighted by Crippen LogP contribution is -2.49. The van der Waals surface area contributed by atoms with Crippen LogP contribution in [-0.2, 0) is 0 Å². The van der Waals surface area contributed by atoms with Gasteiger partial charge in [0.25, 0.3) is 0 Å². The average Bonchev–Trinajstić information content (AvgIpc) is 2.72. The predicted molar refractivity (Wildman–Crippen MR) is 82.5 cm³/mol. The highest BCUT2D eigenvalue weighted by atomic mass is 15.3. The molecule has 0 saturated carbocycles. The van der Waals surface area contributed by atoms with Gasteiger partial charge in [-0.25, -0.2) is 0 Å². The van der Waals surface area contributed by atoms with Gasteiger partial charge >= 0.3 is 0 Å². The Bertz CT molecular complexity index is 408. The Morgan fingerprint density at radius 1 is 1.21 bits per heavy atom. The minimum Gasteiger partial charge on any atom is -0.312 e. The van der Waals surface area contributed by atoms with Gasteiger partial charge in [0.05, 0.1) is 0 Å². The summed E-state index contributed by atoms with van der Waals surface area (Å²) in [7, 11) is 2.07. The molecule has 2 nitrogen and oxygen atoms in total. The quantitative estimate of drug-likeness (QED) is 0.891. The van der Waals surface area contributed by atoms with Crippen molar-refractivity contribution in [2.24, 2.45) is 0 Å². The summed E-state index contributed by atoms with van der Waals surface area (Å²) in [5.74, 6) is 0. The van der Waals surface area contributed by atoms with Gasteiger partial charge < -0.3 is 5.32 Å². The molecule has 1 N–H and O–H groups in total. The van der Waals surface area contributed by atoms with E-state index < -0.39 is 0 Å². The van der Waals surface area contributed by atoms with Crippen LogP contribution in [0, 0.1) is 6.92 Å². The maximum Gasteiger partial charge on any atom is 0.0473 e. The molecule has 1 aromatic rings. The van der Waals surface area contributed by atoms with Crippen molar-refractivity contribution >= 4 is 0 Å². The normalized spacial score (nSPS) is 22.4. The molecular formula is C17H28N2. The molecule has 0 aromatic heterocycles. The van der Waals surface area contributed by atoms with E-state index in [1.54, 1.807) is 0 Å². The van der Waals surface area contributed by atoms with Gasteiger partial charge in [-0.15, -0.1) is 0 Å².